The second-order valence-electron chi connectivity index (χ2n) is 3.87. The molecule has 0 unspecified atom stereocenters. The molecule has 0 saturated carbocycles. The van der Waals surface area contributed by atoms with Gasteiger partial charge in [-0.1, -0.05) is 60.7 Å². The minimum absolute atomic E-state index is 1.04. The van der Waals surface area contributed by atoms with Gasteiger partial charge in [-0.3, -0.25) is 0 Å². The van der Waals surface area contributed by atoms with E-state index in [-0.39, 0.29) is 0 Å². The van der Waals surface area contributed by atoms with E-state index in [9.17, 15) is 0 Å². The first kappa shape index (κ1) is 13.3. The van der Waals surface area contributed by atoms with Gasteiger partial charge in [-0.2, -0.15) is 0 Å². The molecule has 0 amide bonds. The van der Waals surface area contributed by atoms with Crippen LogP contribution in [0.4, 0.5) is 0 Å². The molecule has 0 aliphatic heterocycles. The SMILES string of the molecule is C(=C\SCc1ccccc1)/SCc1ccccc1. The fourth-order valence-corrected chi connectivity index (χ4v) is 3.11. The van der Waals surface area contributed by atoms with Crippen molar-refractivity contribution in [3.63, 3.8) is 0 Å². The maximum atomic E-state index is 2.18. The molecule has 2 aromatic carbocycles. The lowest BCUT2D eigenvalue weighted by Gasteiger charge is -1.97. The van der Waals surface area contributed by atoms with Crippen LogP contribution in [0.15, 0.2) is 71.5 Å². The smallest absolute Gasteiger partial charge is 0.0226 e. The second-order valence-corrected chi connectivity index (χ2v) is 5.65. The lowest BCUT2D eigenvalue weighted by atomic mass is 10.2. The molecule has 0 fully saturated rings. The zero-order valence-corrected chi connectivity index (χ0v) is 11.8. The molecule has 2 aromatic rings. The maximum Gasteiger partial charge on any atom is 0.0226 e. The Morgan fingerprint density at radius 2 is 1.00 bits per heavy atom. The number of hydrogen-bond donors (Lipinski definition) is 0. The second kappa shape index (κ2) is 8.06. The molecular weight excluding hydrogens is 256 g/mol. The molecule has 0 nitrogen and oxygen atoms in total. The van der Waals surface area contributed by atoms with E-state index < -0.39 is 0 Å². The topological polar surface area (TPSA) is 0 Å². The Labute approximate surface area is 118 Å². The van der Waals surface area contributed by atoms with Gasteiger partial charge < -0.3 is 0 Å². The number of rotatable bonds is 6. The van der Waals surface area contributed by atoms with Crippen LogP contribution in [0.25, 0.3) is 0 Å². The molecule has 2 rings (SSSR count). The van der Waals surface area contributed by atoms with Gasteiger partial charge in [0.1, 0.15) is 0 Å². The van der Waals surface area contributed by atoms with E-state index in [1.54, 1.807) is 0 Å². The molecule has 0 radical (unpaired) electrons. The van der Waals surface area contributed by atoms with Crippen molar-refractivity contribution < 1.29 is 0 Å². The molecular formula is C16H16S2. The van der Waals surface area contributed by atoms with Crippen LogP contribution in [0.1, 0.15) is 11.1 Å². The summed E-state index contributed by atoms with van der Waals surface area (Å²) >= 11 is 3.68. The van der Waals surface area contributed by atoms with Gasteiger partial charge in [-0.15, -0.1) is 23.5 Å². The van der Waals surface area contributed by atoms with E-state index in [0.29, 0.717) is 0 Å². The summed E-state index contributed by atoms with van der Waals surface area (Å²) in [6, 6.07) is 21.1. The summed E-state index contributed by atoms with van der Waals surface area (Å²) in [5, 5.41) is 4.36. The van der Waals surface area contributed by atoms with Gasteiger partial charge in [0.05, 0.1) is 0 Å². The normalized spacial score (nSPS) is 10.9. The Morgan fingerprint density at radius 3 is 1.39 bits per heavy atom. The highest BCUT2D eigenvalue weighted by Crippen LogP contribution is 2.17. The van der Waals surface area contributed by atoms with E-state index in [1.807, 2.05) is 23.5 Å². The fraction of sp³-hybridized carbons (Fsp3) is 0.125. The van der Waals surface area contributed by atoms with E-state index in [1.165, 1.54) is 11.1 Å². The first-order chi connectivity index (χ1) is 8.95. The van der Waals surface area contributed by atoms with Crippen LogP contribution in [-0.4, -0.2) is 0 Å². The van der Waals surface area contributed by atoms with Crippen molar-refractivity contribution in [2.75, 3.05) is 0 Å². The van der Waals surface area contributed by atoms with Crippen LogP contribution in [0, 0.1) is 0 Å². The van der Waals surface area contributed by atoms with Gasteiger partial charge in [0.2, 0.25) is 0 Å². The molecule has 0 heterocycles. The van der Waals surface area contributed by atoms with Crippen LogP contribution >= 0.6 is 23.5 Å². The van der Waals surface area contributed by atoms with Gasteiger partial charge in [0, 0.05) is 11.5 Å². The van der Waals surface area contributed by atoms with Crippen molar-refractivity contribution in [2.45, 2.75) is 11.5 Å². The predicted octanol–water partition coefficient (Wildman–Crippen LogP) is 5.32. The van der Waals surface area contributed by atoms with Crippen molar-refractivity contribution in [1.29, 1.82) is 0 Å². The molecule has 0 aromatic heterocycles. The van der Waals surface area contributed by atoms with E-state index in [2.05, 4.69) is 71.5 Å². The predicted molar refractivity (Wildman–Crippen MR) is 84.6 cm³/mol. The largest absolute Gasteiger partial charge is 0.129 e. The van der Waals surface area contributed by atoms with Crippen molar-refractivity contribution in [2.24, 2.45) is 0 Å². The Kier molecular flexibility index (Phi) is 5.97. The third-order valence-electron chi connectivity index (χ3n) is 2.43. The van der Waals surface area contributed by atoms with Crippen LogP contribution in [0.3, 0.4) is 0 Å². The third kappa shape index (κ3) is 5.03. The summed E-state index contributed by atoms with van der Waals surface area (Å²) in [6.45, 7) is 0. The molecule has 0 atom stereocenters. The minimum atomic E-state index is 1.04. The Hall–Kier alpha value is -1.12. The fourth-order valence-electron chi connectivity index (χ4n) is 1.52. The summed E-state index contributed by atoms with van der Waals surface area (Å²) < 4.78 is 0. The summed E-state index contributed by atoms with van der Waals surface area (Å²) in [5.41, 5.74) is 2.75. The zero-order chi connectivity index (χ0) is 12.5. The van der Waals surface area contributed by atoms with Crippen LogP contribution in [0.2, 0.25) is 0 Å². The summed E-state index contributed by atoms with van der Waals surface area (Å²) in [4.78, 5) is 0. The van der Waals surface area contributed by atoms with Gasteiger partial charge in [-0.05, 0) is 21.9 Å². The van der Waals surface area contributed by atoms with Gasteiger partial charge in [0.15, 0.2) is 0 Å². The lowest BCUT2D eigenvalue weighted by molar-refractivity contribution is 1.42. The van der Waals surface area contributed by atoms with Crippen molar-refractivity contribution in [3.05, 3.63) is 82.6 Å². The minimum Gasteiger partial charge on any atom is -0.129 e. The first-order valence-electron chi connectivity index (χ1n) is 5.91. The Morgan fingerprint density at radius 1 is 0.611 bits per heavy atom. The average Bonchev–Trinajstić information content (AvgIpc) is 2.45. The van der Waals surface area contributed by atoms with Crippen molar-refractivity contribution in [3.8, 4) is 0 Å². The van der Waals surface area contributed by atoms with Crippen molar-refractivity contribution >= 4 is 23.5 Å². The molecule has 18 heavy (non-hydrogen) atoms. The van der Waals surface area contributed by atoms with Crippen LogP contribution in [0.5, 0.6) is 0 Å². The maximum absolute atomic E-state index is 2.18. The standard InChI is InChI=1S/C16H16S2/c1-3-7-15(8-4-1)13-17-11-12-18-14-16-9-5-2-6-10-16/h1-12H,13-14H2/b12-11+. The average molecular weight is 272 g/mol. The van der Waals surface area contributed by atoms with Crippen LogP contribution < -0.4 is 0 Å². The van der Waals surface area contributed by atoms with Gasteiger partial charge >= 0.3 is 0 Å². The number of thioether (sulfide) groups is 2. The summed E-state index contributed by atoms with van der Waals surface area (Å²) in [5.74, 6) is 2.09. The number of benzene rings is 2. The van der Waals surface area contributed by atoms with Gasteiger partial charge in [0.25, 0.3) is 0 Å². The summed E-state index contributed by atoms with van der Waals surface area (Å²) in [6.07, 6.45) is 0. The highest BCUT2D eigenvalue weighted by atomic mass is 32.2. The van der Waals surface area contributed by atoms with Crippen molar-refractivity contribution in [1.82, 2.24) is 0 Å². The monoisotopic (exact) mass is 272 g/mol. The van der Waals surface area contributed by atoms with Crippen LogP contribution in [-0.2, 0) is 11.5 Å². The molecule has 0 bridgehead atoms. The molecule has 2 heteroatoms. The van der Waals surface area contributed by atoms with E-state index >= 15 is 0 Å². The molecule has 0 N–H and O–H groups in total. The van der Waals surface area contributed by atoms with Gasteiger partial charge in [-0.25, -0.2) is 0 Å². The first-order valence-corrected chi connectivity index (χ1v) is 8.01. The summed E-state index contributed by atoms with van der Waals surface area (Å²) in [7, 11) is 0. The quantitative estimate of drug-likeness (QED) is 0.697. The van der Waals surface area contributed by atoms with E-state index in [4.69, 9.17) is 0 Å². The molecule has 0 aliphatic carbocycles. The third-order valence-corrected chi connectivity index (χ3v) is 4.26. The zero-order valence-electron chi connectivity index (χ0n) is 10.2. The van der Waals surface area contributed by atoms with E-state index in [0.717, 1.165) is 11.5 Å². The Balaban J connectivity index is 1.64. The molecule has 92 valence electrons. The molecule has 0 spiro atoms. The lowest BCUT2D eigenvalue weighted by Crippen LogP contribution is -1.76. The molecule has 0 saturated heterocycles. The molecule has 0 aliphatic rings. The Bertz CT molecular complexity index is 417. The highest BCUT2D eigenvalue weighted by molar-refractivity contribution is 8.04. The highest BCUT2D eigenvalue weighted by Gasteiger charge is 1.90. The number of hydrogen-bond acceptors (Lipinski definition) is 2.